The van der Waals surface area contributed by atoms with Crippen LogP contribution in [0, 0.1) is 0 Å². The lowest BCUT2D eigenvalue weighted by molar-refractivity contribution is -0.121. The van der Waals surface area contributed by atoms with Crippen molar-refractivity contribution in [3.05, 3.63) is 0 Å². The lowest BCUT2D eigenvalue weighted by Crippen LogP contribution is -2.35. The third-order valence-corrected chi connectivity index (χ3v) is 2.53. The summed E-state index contributed by atoms with van der Waals surface area (Å²) in [5.74, 6) is 0.170. The summed E-state index contributed by atoms with van der Waals surface area (Å²) in [5, 5.41) is 6.19. The molecule has 0 aliphatic carbocycles. The topological polar surface area (TPSA) is 44.4 Å². The molecule has 96 valence electrons. The Balaban J connectivity index is 3.56. The van der Waals surface area contributed by atoms with Crippen LogP contribution in [-0.2, 0) is 4.79 Å². The Morgan fingerprint density at radius 2 is 1.88 bits per heavy atom. The summed E-state index contributed by atoms with van der Waals surface area (Å²) in [4.78, 5) is 13.7. The predicted octanol–water partition coefficient (Wildman–Crippen LogP) is 0.834. The van der Waals surface area contributed by atoms with Gasteiger partial charge in [0.2, 0.25) is 5.91 Å². The Morgan fingerprint density at radius 1 is 1.12 bits per heavy atom. The molecule has 1 amide bonds. The Labute approximate surface area is 99.8 Å². The van der Waals surface area contributed by atoms with E-state index in [0.717, 1.165) is 45.7 Å². The van der Waals surface area contributed by atoms with Crippen LogP contribution < -0.4 is 10.6 Å². The van der Waals surface area contributed by atoms with Crippen molar-refractivity contribution in [2.24, 2.45) is 0 Å². The van der Waals surface area contributed by atoms with Crippen molar-refractivity contribution >= 4 is 5.91 Å². The van der Waals surface area contributed by atoms with E-state index in [1.54, 1.807) is 0 Å². The second-order valence-electron chi connectivity index (χ2n) is 3.89. The average molecular weight is 229 g/mol. The van der Waals surface area contributed by atoms with Crippen molar-refractivity contribution in [3.8, 4) is 0 Å². The van der Waals surface area contributed by atoms with Gasteiger partial charge in [-0.1, -0.05) is 20.8 Å². The molecule has 0 aromatic carbocycles. The van der Waals surface area contributed by atoms with E-state index in [4.69, 9.17) is 0 Å². The van der Waals surface area contributed by atoms with Crippen LogP contribution in [0.5, 0.6) is 0 Å². The molecule has 0 saturated carbocycles. The Morgan fingerprint density at radius 3 is 2.44 bits per heavy atom. The number of nitrogens with zero attached hydrogens (tertiary/aromatic N) is 1. The van der Waals surface area contributed by atoms with Crippen molar-refractivity contribution in [3.63, 3.8) is 0 Å². The van der Waals surface area contributed by atoms with Crippen molar-refractivity contribution in [1.82, 2.24) is 15.5 Å². The van der Waals surface area contributed by atoms with Crippen LogP contribution in [0.15, 0.2) is 0 Å². The fourth-order valence-electron chi connectivity index (χ4n) is 1.45. The van der Waals surface area contributed by atoms with Gasteiger partial charge in [-0.05, 0) is 19.5 Å². The molecule has 0 aromatic heterocycles. The van der Waals surface area contributed by atoms with Crippen molar-refractivity contribution in [2.75, 3.05) is 39.3 Å². The molecule has 0 saturated heterocycles. The summed E-state index contributed by atoms with van der Waals surface area (Å²) in [6, 6.07) is 0. The number of likely N-dealkylation sites (N-methyl/N-ethyl adjacent to an activating group) is 2. The highest BCUT2D eigenvalue weighted by atomic mass is 16.1. The fourth-order valence-corrected chi connectivity index (χ4v) is 1.45. The predicted molar refractivity (Wildman–Crippen MR) is 68.6 cm³/mol. The van der Waals surface area contributed by atoms with E-state index in [2.05, 4.69) is 36.3 Å². The molecule has 0 aliphatic heterocycles. The molecule has 4 heteroatoms. The minimum atomic E-state index is 0.170. The highest BCUT2D eigenvalue weighted by Gasteiger charge is 2.05. The summed E-state index contributed by atoms with van der Waals surface area (Å²) < 4.78 is 0. The van der Waals surface area contributed by atoms with Gasteiger partial charge in [0.1, 0.15) is 0 Å². The molecule has 0 bridgehead atoms. The second-order valence-corrected chi connectivity index (χ2v) is 3.89. The highest BCUT2D eigenvalue weighted by molar-refractivity contribution is 5.75. The van der Waals surface area contributed by atoms with Crippen molar-refractivity contribution in [1.29, 1.82) is 0 Å². The standard InChI is InChI=1S/C12H27N3O/c1-4-8-14-12(16)7-10-15(6-3)11-9-13-5-2/h13H,4-11H2,1-3H3,(H,14,16). The molecule has 2 N–H and O–H groups in total. The molecule has 0 radical (unpaired) electrons. The molecule has 0 rings (SSSR count). The van der Waals surface area contributed by atoms with Gasteiger partial charge in [-0.15, -0.1) is 0 Å². The monoisotopic (exact) mass is 229 g/mol. The van der Waals surface area contributed by atoms with Gasteiger partial charge in [0, 0.05) is 32.6 Å². The Kier molecular flexibility index (Phi) is 10.5. The quantitative estimate of drug-likeness (QED) is 0.546. The normalized spacial score (nSPS) is 10.8. The van der Waals surface area contributed by atoms with Gasteiger partial charge in [0.15, 0.2) is 0 Å². The van der Waals surface area contributed by atoms with E-state index in [1.807, 2.05) is 0 Å². The molecule has 0 fully saturated rings. The molecular weight excluding hydrogens is 202 g/mol. The molecular formula is C12H27N3O. The van der Waals surface area contributed by atoms with E-state index >= 15 is 0 Å². The number of hydrogen-bond acceptors (Lipinski definition) is 3. The Hall–Kier alpha value is -0.610. The van der Waals surface area contributed by atoms with Crippen molar-refractivity contribution in [2.45, 2.75) is 33.6 Å². The van der Waals surface area contributed by atoms with Crippen molar-refractivity contribution < 1.29 is 4.79 Å². The molecule has 0 heterocycles. The maximum atomic E-state index is 11.4. The molecule has 0 aromatic rings. The van der Waals surface area contributed by atoms with Gasteiger partial charge >= 0.3 is 0 Å². The molecule has 0 atom stereocenters. The fraction of sp³-hybridized carbons (Fsp3) is 0.917. The number of amides is 1. The van der Waals surface area contributed by atoms with Gasteiger partial charge in [0.05, 0.1) is 0 Å². The lowest BCUT2D eigenvalue weighted by atomic mass is 10.3. The van der Waals surface area contributed by atoms with Crippen LogP contribution in [0.2, 0.25) is 0 Å². The average Bonchev–Trinajstić information content (AvgIpc) is 2.31. The number of rotatable bonds is 10. The van der Waals surface area contributed by atoms with Gasteiger partial charge in [0.25, 0.3) is 0 Å². The van der Waals surface area contributed by atoms with Gasteiger partial charge in [-0.3, -0.25) is 4.79 Å². The third kappa shape index (κ3) is 8.68. The molecule has 0 unspecified atom stereocenters. The number of hydrogen-bond donors (Lipinski definition) is 2. The second kappa shape index (κ2) is 10.9. The van der Waals surface area contributed by atoms with Crippen LogP contribution in [-0.4, -0.2) is 50.1 Å². The van der Waals surface area contributed by atoms with Gasteiger partial charge in [-0.25, -0.2) is 0 Å². The zero-order valence-corrected chi connectivity index (χ0v) is 11.0. The summed E-state index contributed by atoms with van der Waals surface area (Å²) in [6.07, 6.45) is 1.61. The first kappa shape index (κ1) is 15.4. The zero-order valence-electron chi connectivity index (χ0n) is 11.0. The van der Waals surface area contributed by atoms with E-state index in [-0.39, 0.29) is 5.91 Å². The molecule has 0 aliphatic rings. The van der Waals surface area contributed by atoms with E-state index in [9.17, 15) is 4.79 Å². The smallest absolute Gasteiger partial charge is 0.221 e. The van der Waals surface area contributed by atoms with E-state index in [0.29, 0.717) is 6.42 Å². The number of carbonyl (C=O) groups is 1. The van der Waals surface area contributed by atoms with Gasteiger partial charge in [-0.2, -0.15) is 0 Å². The highest BCUT2D eigenvalue weighted by Crippen LogP contribution is 1.91. The van der Waals surface area contributed by atoms with Crippen LogP contribution in [0.1, 0.15) is 33.6 Å². The number of nitrogens with one attached hydrogen (secondary N) is 2. The Bertz CT molecular complexity index is 174. The summed E-state index contributed by atoms with van der Waals surface area (Å²) >= 11 is 0. The minimum Gasteiger partial charge on any atom is -0.356 e. The number of carbonyl (C=O) groups excluding carboxylic acids is 1. The first-order valence-electron chi connectivity index (χ1n) is 6.44. The summed E-state index contributed by atoms with van der Waals surface area (Å²) in [7, 11) is 0. The summed E-state index contributed by atoms with van der Waals surface area (Å²) in [5.41, 5.74) is 0. The van der Waals surface area contributed by atoms with Gasteiger partial charge < -0.3 is 15.5 Å². The maximum absolute atomic E-state index is 11.4. The van der Waals surface area contributed by atoms with Crippen LogP contribution >= 0.6 is 0 Å². The van der Waals surface area contributed by atoms with E-state index in [1.165, 1.54) is 0 Å². The lowest BCUT2D eigenvalue weighted by Gasteiger charge is -2.20. The first-order chi connectivity index (χ1) is 7.74. The largest absolute Gasteiger partial charge is 0.356 e. The maximum Gasteiger partial charge on any atom is 0.221 e. The molecule has 4 nitrogen and oxygen atoms in total. The molecule has 0 spiro atoms. The first-order valence-corrected chi connectivity index (χ1v) is 6.44. The van der Waals surface area contributed by atoms with Crippen LogP contribution in [0.25, 0.3) is 0 Å². The minimum absolute atomic E-state index is 0.170. The van der Waals surface area contributed by atoms with Crippen LogP contribution in [0.4, 0.5) is 0 Å². The molecule has 16 heavy (non-hydrogen) atoms. The third-order valence-electron chi connectivity index (χ3n) is 2.53. The van der Waals surface area contributed by atoms with Crippen LogP contribution in [0.3, 0.4) is 0 Å². The van der Waals surface area contributed by atoms with E-state index < -0.39 is 0 Å². The summed E-state index contributed by atoms with van der Waals surface area (Å²) in [6.45, 7) is 12.0. The zero-order chi connectivity index (χ0) is 12.2. The SMILES string of the molecule is CCCNC(=O)CCN(CC)CCNCC.